The number of rotatable bonds is 6. The van der Waals surface area contributed by atoms with Crippen molar-refractivity contribution in [2.75, 3.05) is 18.1 Å². The van der Waals surface area contributed by atoms with E-state index in [-0.39, 0.29) is 17.4 Å². The molecule has 0 aliphatic carbocycles. The molecule has 1 unspecified atom stereocenters. The van der Waals surface area contributed by atoms with E-state index in [1.807, 2.05) is 30.3 Å². The number of sulfone groups is 1. The van der Waals surface area contributed by atoms with Gasteiger partial charge in [-0.3, -0.25) is 4.79 Å². The fraction of sp³-hybridized carbons (Fsp3) is 0.533. The van der Waals surface area contributed by atoms with E-state index in [0.717, 1.165) is 5.75 Å². The van der Waals surface area contributed by atoms with Gasteiger partial charge in [0.25, 0.3) is 0 Å². The minimum atomic E-state index is -3.00. The first kappa shape index (κ1) is 15.8. The predicted molar refractivity (Wildman–Crippen MR) is 81.0 cm³/mol. The largest absolute Gasteiger partial charge is 0.494 e. The molecule has 21 heavy (non-hydrogen) atoms. The average Bonchev–Trinajstić information content (AvgIpc) is 2.69. The number of hydrogen-bond acceptors (Lipinski definition) is 4. The van der Waals surface area contributed by atoms with Gasteiger partial charge in [0.2, 0.25) is 5.91 Å². The van der Waals surface area contributed by atoms with Gasteiger partial charge in [-0.2, -0.15) is 0 Å². The number of carbonyl (C=O) groups is 1. The van der Waals surface area contributed by atoms with Crippen molar-refractivity contribution in [3.05, 3.63) is 30.3 Å². The molecule has 1 aromatic carbocycles. The van der Waals surface area contributed by atoms with Crippen LogP contribution in [0.25, 0.3) is 0 Å². The Morgan fingerprint density at radius 2 is 2.05 bits per heavy atom. The van der Waals surface area contributed by atoms with E-state index in [1.54, 1.807) is 6.92 Å². The summed E-state index contributed by atoms with van der Waals surface area (Å²) in [6.07, 6.45) is 1.42. The van der Waals surface area contributed by atoms with Gasteiger partial charge >= 0.3 is 0 Å². The van der Waals surface area contributed by atoms with Crippen LogP contribution in [-0.2, 0) is 14.6 Å². The Kier molecular flexibility index (Phi) is 4.88. The first-order chi connectivity index (χ1) is 9.89. The number of benzene rings is 1. The van der Waals surface area contributed by atoms with Crippen molar-refractivity contribution in [3.8, 4) is 5.75 Å². The second-order valence-electron chi connectivity index (χ2n) is 5.72. The van der Waals surface area contributed by atoms with Crippen molar-refractivity contribution in [2.45, 2.75) is 31.7 Å². The third-order valence-electron chi connectivity index (χ3n) is 3.50. The van der Waals surface area contributed by atoms with Gasteiger partial charge < -0.3 is 10.1 Å². The average molecular weight is 311 g/mol. The summed E-state index contributed by atoms with van der Waals surface area (Å²) in [4.78, 5) is 11.9. The van der Waals surface area contributed by atoms with Crippen LogP contribution in [0.3, 0.4) is 0 Å². The molecule has 1 aliphatic rings. The molecular weight excluding hydrogens is 290 g/mol. The lowest BCUT2D eigenvalue weighted by molar-refractivity contribution is -0.122. The number of nitrogens with one attached hydrogen (secondary N) is 1. The molecule has 0 radical (unpaired) electrons. The van der Waals surface area contributed by atoms with Crippen LogP contribution >= 0.6 is 0 Å². The van der Waals surface area contributed by atoms with E-state index in [2.05, 4.69) is 5.32 Å². The molecule has 1 fully saturated rings. The Labute approximate surface area is 125 Å². The van der Waals surface area contributed by atoms with Crippen LogP contribution in [0.4, 0.5) is 0 Å². The lowest BCUT2D eigenvalue weighted by atomic mass is 10.0. The third-order valence-corrected chi connectivity index (χ3v) is 5.41. The molecule has 0 spiro atoms. The van der Waals surface area contributed by atoms with Crippen molar-refractivity contribution in [3.63, 3.8) is 0 Å². The molecule has 0 saturated carbocycles. The van der Waals surface area contributed by atoms with Crippen LogP contribution < -0.4 is 10.1 Å². The van der Waals surface area contributed by atoms with Crippen molar-refractivity contribution in [1.82, 2.24) is 5.32 Å². The molecule has 1 heterocycles. The van der Waals surface area contributed by atoms with Crippen LogP contribution in [0.2, 0.25) is 0 Å². The SMILES string of the molecule is CC1(NC(=O)CCCOc2ccccc2)CCS(=O)(=O)C1. The van der Waals surface area contributed by atoms with E-state index in [9.17, 15) is 13.2 Å². The summed E-state index contributed by atoms with van der Waals surface area (Å²) in [6.45, 7) is 2.25. The molecule has 0 bridgehead atoms. The summed E-state index contributed by atoms with van der Waals surface area (Å²) >= 11 is 0. The molecule has 1 amide bonds. The van der Waals surface area contributed by atoms with Gasteiger partial charge in [0.05, 0.1) is 23.7 Å². The summed E-state index contributed by atoms with van der Waals surface area (Å²) in [5.74, 6) is 0.852. The monoisotopic (exact) mass is 311 g/mol. The quantitative estimate of drug-likeness (QED) is 0.809. The molecule has 1 aliphatic heterocycles. The maximum Gasteiger partial charge on any atom is 0.220 e. The summed E-state index contributed by atoms with van der Waals surface area (Å²) in [7, 11) is -3.00. The number of carbonyl (C=O) groups excluding carboxylic acids is 1. The van der Waals surface area contributed by atoms with Gasteiger partial charge in [0.15, 0.2) is 9.84 Å². The van der Waals surface area contributed by atoms with Gasteiger partial charge in [-0.05, 0) is 31.9 Å². The highest BCUT2D eigenvalue weighted by molar-refractivity contribution is 7.91. The van der Waals surface area contributed by atoms with E-state index in [1.165, 1.54) is 0 Å². The number of amides is 1. The van der Waals surface area contributed by atoms with E-state index < -0.39 is 15.4 Å². The minimum Gasteiger partial charge on any atom is -0.494 e. The molecule has 1 atom stereocenters. The van der Waals surface area contributed by atoms with Crippen LogP contribution in [0.1, 0.15) is 26.2 Å². The van der Waals surface area contributed by atoms with Crippen LogP contribution in [0.15, 0.2) is 30.3 Å². The smallest absolute Gasteiger partial charge is 0.220 e. The lowest BCUT2D eigenvalue weighted by Gasteiger charge is -2.23. The van der Waals surface area contributed by atoms with Gasteiger partial charge in [-0.15, -0.1) is 0 Å². The second kappa shape index (κ2) is 6.47. The highest BCUT2D eigenvalue weighted by Gasteiger charge is 2.39. The Morgan fingerprint density at radius 3 is 2.67 bits per heavy atom. The Balaban J connectivity index is 1.68. The predicted octanol–water partition coefficient (Wildman–Crippen LogP) is 1.54. The standard InChI is InChI=1S/C15H21NO4S/c1-15(9-11-21(18,19)12-15)16-14(17)8-5-10-20-13-6-3-2-4-7-13/h2-4,6-7H,5,8-12H2,1H3,(H,16,17). The molecule has 116 valence electrons. The Hall–Kier alpha value is -1.56. The molecule has 6 heteroatoms. The topological polar surface area (TPSA) is 72.5 Å². The summed E-state index contributed by atoms with van der Waals surface area (Å²) in [5, 5.41) is 2.84. The van der Waals surface area contributed by atoms with E-state index in [0.29, 0.717) is 25.9 Å². The fourth-order valence-corrected chi connectivity index (χ4v) is 4.54. The molecule has 1 aromatic rings. The number of hydrogen-bond donors (Lipinski definition) is 1. The molecular formula is C15H21NO4S. The maximum absolute atomic E-state index is 11.9. The van der Waals surface area contributed by atoms with Crippen molar-refractivity contribution < 1.29 is 17.9 Å². The highest BCUT2D eigenvalue weighted by Crippen LogP contribution is 2.22. The molecule has 2 rings (SSSR count). The van der Waals surface area contributed by atoms with E-state index in [4.69, 9.17) is 4.74 Å². The van der Waals surface area contributed by atoms with Gasteiger partial charge in [0.1, 0.15) is 5.75 Å². The third kappa shape index (κ3) is 5.04. The van der Waals surface area contributed by atoms with Gasteiger partial charge in [0, 0.05) is 6.42 Å². The van der Waals surface area contributed by atoms with Gasteiger partial charge in [-0.1, -0.05) is 18.2 Å². The second-order valence-corrected chi connectivity index (χ2v) is 7.90. The first-order valence-corrected chi connectivity index (χ1v) is 8.90. The van der Waals surface area contributed by atoms with Crippen molar-refractivity contribution >= 4 is 15.7 Å². The summed E-state index contributed by atoms with van der Waals surface area (Å²) < 4.78 is 28.5. The zero-order chi connectivity index (χ0) is 15.3. The van der Waals surface area contributed by atoms with Gasteiger partial charge in [-0.25, -0.2) is 8.42 Å². The zero-order valence-corrected chi connectivity index (χ0v) is 13.0. The molecule has 5 nitrogen and oxygen atoms in total. The minimum absolute atomic E-state index is 0.0340. The van der Waals surface area contributed by atoms with Crippen molar-refractivity contribution in [2.24, 2.45) is 0 Å². The Morgan fingerprint density at radius 1 is 1.33 bits per heavy atom. The normalized spacial score (nSPS) is 23.7. The van der Waals surface area contributed by atoms with Crippen LogP contribution in [0, 0.1) is 0 Å². The first-order valence-electron chi connectivity index (χ1n) is 7.08. The van der Waals surface area contributed by atoms with Crippen molar-refractivity contribution in [1.29, 1.82) is 0 Å². The number of para-hydroxylation sites is 1. The molecule has 1 saturated heterocycles. The molecule has 1 N–H and O–H groups in total. The van der Waals surface area contributed by atoms with E-state index >= 15 is 0 Å². The zero-order valence-electron chi connectivity index (χ0n) is 12.2. The highest BCUT2D eigenvalue weighted by atomic mass is 32.2. The summed E-state index contributed by atoms with van der Waals surface area (Å²) in [6, 6.07) is 9.43. The Bertz CT molecular complexity index is 585. The fourth-order valence-electron chi connectivity index (χ4n) is 2.45. The molecule has 0 aromatic heterocycles. The number of ether oxygens (including phenoxy) is 1. The van der Waals surface area contributed by atoms with Crippen LogP contribution in [-0.4, -0.2) is 38.0 Å². The summed E-state index contributed by atoms with van der Waals surface area (Å²) in [5.41, 5.74) is -0.615. The lowest BCUT2D eigenvalue weighted by Crippen LogP contribution is -2.46. The van der Waals surface area contributed by atoms with Crippen LogP contribution in [0.5, 0.6) is 5.75 Å². The maximum atomic E-state index is 11.9.